The lowest BCUT2D eigenvalue weighted by Gasteiger charge is -2.31. The standard InChI is InChI=1S/C70H46N6/c1-71-57-38-40-58(41-39-57)75(59-42-44-60(45-43-59)76-65-28-16-14-26-61(65)62-27-15-17-29-66(62)76)67-63(52-22-10-4-11-23-52)46-56(47-64(67)53-24-12-5-13-25-53)70-73-68(54-34-30-50(31-35-54)48-18-6-2-7-19-48)72-69(74-70)55-36-32-51(33-37-55)49-20-8-3-9-21-49/h2-47H. The fourth-order valence-electron chi connectivity index (χ4n) is 10.4. The second-order valence-corrected chi connectivity index (χ2v) is 18.7. The van der Waals surface area contributed by atoms with E-state index < -0.39 is 0 Å². The monoisotopic (exact) mass is 970 g/mol. The van der Waals surface area contributed by atoms with Crippen LogP contribution in [0, 0.1) is 6.57 Å². The van der Waals surface area contributed by atoms with Gasteiger partial charge in [-0.25, -0.2) is 19.8 Å². The molecular formula is C70H46N6. The maximum atomic E-state index is 7.88. The average Bonchev–Trinajstić information content (AvgIpc) is 3.86. The minimum Gasteiger partial charge on any atom is -0.309 e. The topological polar surface area (TPSA) is 51.2 Å². The van der Waals surface area contributed by atoms with Gasteiger partial charge in [-0.05, 0) is 94.0 Å². The normalized spacial score (nSPS) is 11.1. The second-order valence-electron chi connectivity index (χ2n) is 18.7. The van der Waals surface area contributed by atoms with Crippen LogP contribution in [-0.4, -0.2) is 19.5 Å². The van der Waals surface area contributed by atoms with Gasteiger partial charge in [0.05, 0.1) is 23.3 Å². The van der Waals surface area contributed by atoms with Crippen LogP contribution in [0.25, 0.3) is 111 Å². The zero-order valence-electron chi connectivity index (χ0n) is 41.2. The van der Waals surface area contributed by atoms with Gasteiger partial charge in [-0.1, -0.05) is 218 Å². The summed E-state index contributed by atoms with van der Waals surface area (Å²) in [6.45, 7) is 7.88. The number of anilines is 3. The summed E-state index contributed by atoms with van der Waals surface area (Å²) in [6, 6.07) is 97.2. The number of rotatable bonds is 11. The van der Waals surface area contributed by atoms with Gasteiger partial charge in [-0.2, -0.15) is 0 Å². The molecule has 0 aliphatic heterocycles. The smallest absolute Gasteiger partial charge is 0.187 e. The summed E-state index contributed by atoms with van der Waals surface area (Å²) in [5, 5.41) is 2.42. The SMILES string of the molecule is [C-]#[N+]c1ccc(N(c2ccc(-n3c4ccccc4c4ccccc43)cc2)c2c(-c3ccccc3)cc(-c3nc(-c4ccc(-c5ccccc5)cc4)nc(-c4ccc(-c5ccccc5)cc4)n3)cc2-c2ccccc2)cc1. The number of hydrogen-bond acceptors (Lipinski definition) is 4. The lowest BCUT2D eigenvalue weighted by atomic mass is 9.91. The Hall–Kier alpha value is -10.5. The van der Waals surface area contributed by atoms with Crippen LogP contribution in [0.5, 0.6) is 0 Å². The van der Waals surface area contributed by atoms with Crippen molar-refractivity contribution in [3.63, 3.8) is 0 Å². The van der Waals surface area contributed by atoms with Crippen molar-refractivity contribution in [2.75, 3.05) is 4.90 Å². The summed E-state index contributed by atoms with van der Waals surface area (Å²) < 4.78 is 2.34. The molecule has 0 amide bonds. The highest BCUT2D eigenvalue weighted by Crippen LogP contribution is 2.49. The van der Waals surface area contributed by atoms with Crippen LogP contribution < -0.4 is 4.90 Å². The Morgan fingerprint density at radius 3 is 1.08 bits per heavy atom. The van der Waals surface area contributed by atoms with Crippen LogP contribution in [0.3, 0.4) is 0 Å². The minimum absolute atomic E-state index is 0.545. The third-order valence-corrected chi connectivity index (χ3v) is 14.1. The minimum atomic E-state index is 0.545. The van der Waals surface area contributed by atoms with Gasteiger partial charge in [-0.15, -0.1) is 0 Å². The van der Waals surface area contributed by atoms with Crippen molar-refractivity contribution >= 4 is 44.6 Å². The molecule has 0 N–H and O–H groups in total. The van der Waals surface area contributed by atoms with E-state index in [1.165, 1.54) is 10.8 Å². The van der Waals surface area contributed by atoms with Gasteiger partial charge >= 0.3 is 0 Å². The Morgan fingerprint density at radius 1 is 0.316 bits per heavy atom. The first-order chi connectivity index (χ1) is 37.6. The summed E-state index contributed by atoms with van der Waals surface area (Å²) in [7, 11) is 0. The molecule has 13 aromatic rings. The van der Waals surface area contributed by atoms with E-state index in [4.69, 9.17) is 21.5 Å². The number of hydrogen-bond donors (Lipinski definition) is 0. The molecule has 0 radical (unpaired) electrons. The van der Waals surface area contributed by atoms with Gasteiger partial charge in [0.2, 0.25) is 0 Å². The number of nitrogens with zero attached hydrogens (tertiary/aromatic N) is 6. The molecule has 0 saturated carbocycles. The number of para-hydroxylation sites is 2. The highest BCUT2D eigenvalue weighted by Gasteiger charge is 2.25. The van der Waals surface area contributed by atoms with Crippen molar-refractivity contribution in [1.29, 1.82) is 0 Å². The molecule has 11 aromatic carbocycles. The Bertz CT molecular complexity index is 4010. The van der Waals surface area contributed by atoms with Crippen molar-refractivity contribution in [3.8, 4) is 84.4 Å². The first kappa shape index (κ1) is 45.4. The molecule has 0 bridgehead atoms. The lowest BCUT2D eigenvalue weighted by molar-refractivity contribution is 1.07. The van der Waals surface area contributed by atoms with Crippen LogP contribution in [-0.2, 0) is 0 Å². The van der Waals surface area contributed by atoms with E-state index in [0.29, 0.717) is 23.2 Å². The Labute approximate surface area is 441 Å². The van der Waals surface area contributed by atoms with E-state index in [1.807, 2.05) is 36.4 Å². The van der Waals surface area contributed by atoms with Crippen LogP contribution in [0.4, 0.5) is 22.7 Å². The first-order valence-corrected chi connectivity index (χ1v) is 25.4. The molecule has 76 heavy (non-hydrogen) atoms. The van der Waals surface area contributed by atoms with Gasteiger partial charge in [0, 0.05) is 55.7 Å². The summed E-state index contributed by atoms with van der Waals surface area (Å²) in [5.41, 5.74) is 17.8. The number of aromatic nitrogens is 4. The lowest BCUT2D eigenvalue weighted by Crippen LogP contribution is -2.13. The van der Waals surface area contributed by atoms with E-state index in [-0.39, 0.29) is 0 Å². The van der Waals surface area contributed by atoms with E-state index in [2.05, 4.69) is 257 Å². The highest BCUT2D eigenvalue weighted by molar-refractivity contribution is 6.09. The zero-order chi connectivity index (χ0) is 50.8. The Kier molecular flexibility index (Phi) is 11.9. The highest BCUT2D eigenvalue weighted by atomic mass is 15.1. The predicted octanol–water partition coefficient (Wildman–Crippen LogP) is 18.7. The maximum absolute atomic E-state index is 7.88. The van der Waals surface area contributed by atoms with E-state index in [9.17, 15) is 0 Å². The fraction of sp³-hybridized carbons (Fsp3) is 0. The molecule has 0 unspecified atom stereocenters. The summed E-state index contributed by atoms with van der Waals surface area (Å²) in [5.74, 6) is 1.69. The van der Waals surface area contributed by atoms with E-state index in [0.717, 1.165) is 95.0 Å². The van der Waals surface area contributed by atoms with Crippen molar-refractivity contribution in [3.05, 3.63) is 290 Å². The molecule has 0 aliphatic rings. The molecule has 2 aromatic heterocycles. The van der Waals surface area contributed by atoms with E-state index in [1.54, 1.807) is 0 Å². The third kappa shape index (κ3) is 8.64. The Balaban J connectivity index is 1.03. The number of fused-ring (bicyclic) bond motifs is 3. The molecule has 0 saturated heterocycles. The van der Waals surface area contributed by atoms with Gasteiger partial charge in [-0.3, -0.25) is 0 Å². The van der Waals surface area contributed by atoms with Crippen molar-refractivity contribution < 1.29 is 0 Å². The molecule has 6 nitrogen and oxygen atoms in total. The van der Waals surface area contributed by atoms with Crippen LogP contribution in [0.15, 0.2) is 279 Å². The van der Waals surface area contributed by atoms with Gasteiger partial charge in [0.1, 0.15) is 0 Å². The van der Waals surface area contributed by atoms with Crippen molar-refractivity contribution in [2.24, 2.45) is 0 Å². The molecule has 0 fully saturated rings. The molecule has 0 aliphatic carbocycles. The number of benzene rings is 11. The summed E-state index contributed by atoms with van der Waals surface area (Å²) in [4.78, 5) is 22.0. The first-order valence-electron chi connectivity index (χ1n) is 25.4. The molecule has 0 atom stereocenters. The van der Waals surface area contributed by atoms with Crippen molar-refractivity contribution in [2.45, 2.75) is 0 Å². The largest absolute Gasteiger partial charge is 0.309 e. The van der Waals surface area contributed by atoms with Gasteiger partial charge in [0.15, 0.2) is 23.2 Å². The zero-order valence-corrected chi connectivity index (χ0v) is 41.2. The summed E-state index contributed by atoms with van der Waals surface area (Å²) in [6.07, 6.45) is 0. The predicted molar refractivity (Wildman–Crippen MR) is 313 cm³/mol. The fourth-order valence-corrected chi connectivity index (χ4v) is 10.4. The average molecular weight is 971 g/mol. The molecule has 2 heterocycles. The van der Waals surface area contributed by atoms with Crippen LogP contribution in [0.1, 0.15) is 0 Å². The van der Waals surface area contributed by atoms with E-state index >= 15 is 0 Å². The van der Waals surface area contributed by atoms with Crippen LogP contribution >= 0.6 is 0 Å². The van der Waals surface area contributed by atoms with Crippen LogP contribution in [0.2, 0.25) is 0 Å². The van der Waals surface area contributed by atoms with Crippen molar-refractivity contribution in [1.82, 2.24) is 19.5 Å². The molecular weight excluding hydrogens is 925 g/mol. The maximum Gasteiger partial charge on any atom is 0.187 e. The quantitative estimate of drug-likeness (QED) is 0.121. The summed E-state index contributed by atoms with van der Waals surface area (Å²) >= 11 is 0. The third-order valence-electron chi connectivity index (χ3n) is 14.1. The van der Waals surface area contributed by atoms with Gasteiger partial charge < -0.3 is 9.47 Å². The molecule has 0 spiro atoms. The Morgan fingerprint density at radius 2 is 0.658 bits per heavy atom. The van der Waals surface area contributed by atoms with Gasteiger partial charge in [0.25, 0.3) is 0 Å². The molecule has 6 heteroatoms. The second kappa shape index (κ2) is 19.8. The molecule has 13 rings (SSSR count). The molecule has 356 valence electrons.